The number of rotatable bonds is 7. The molecule has 2 aromatic rings. The van der Waals surface area contributed by atoms with Crippen molar-refractivity contribution >= 4 is 51.1 Å². The maximum atomic E-state index is 11.6. The van der Waals surface area contributed by atoms with Gasteiger partial charge >= 0.3 is 5.97 Å². The number of thioether (sulfide) groups is 1. The Morgan fingerprint density at radius 1 is 1.46 bits per heavy atom. The number of ether oxygens (including phenoxy) is 2. The third-order valence-electron chi connectivity index (χ3n) is 2.76. The molecule has 0 saturated heterocycles. The standard InChI is InChI=1S/C15H15BrClN3O3S/c1-2-22-14(21)10-8-19-15(20-13(10)18)24-6-5-23-12-4-3-9(17)7-11(12)16/h3-4,7-8H,2,5-6H2,1H3,(H2,18,19,20). The van der Waals surface area contributed by atoms with Gasteiger partial charge < -0.3 is 15.2 Å². The fraction of sp³-hybridized carbons (Fsp3) is 0.267. The topological polar surface area (TPSA) is 87.3 Å². The molecule has 0 aliphatic heterocycles. The van der Waals surface area contributed by atoms with Crippen molar-refractivity contribution in [3.05, 3.63) is 39.5 Å². The Morgan fingerprint density at radius 2 is 2.25 bits per heavy atom. The number of halogens is 2. The van der Waals surface area contributed by atoms with Gasteiger partial charge in [0, 0.05) is 17.0 Å². The Balaban J connectivity index is 1.86. The van der Waals surface area contributed by atoms with Gasteiger partial charge in [-0.15, -0.1) is 0 Å². The number of carbonyl (C=O) groups excluding carboxylic acids is 1. The fourth-order valence-corrected chi connectivity index (χ4v) is 3.13. The first-order valence-corrected chi connectivity index (χ1v) is 9.17. The molecule has 0 spiro atoms. The number of hydrogen-bond donors (Lipinski definition) is 1. The van der Waals surface area contributed by atoms with Crippen LogP contribution in [-0.2, 0) is 4.74 Å². The highest BCUT2D eigenvalue weighted by atomic mass is 79.9. The van der Waals surface area contributed by atoms with E-state index in [1.54, 1.807) is 25.1 Å². The predicted octanol–water partition coefficient (Wildman–Crippen LogP) is 3.82. The van der Waals surface area contributed by atoms with E-state index in [0.717, 1.165) is 4.47 Å². The van der Waals surface area contributed by atoms with Crippen molar-refractivity contribution in [2.45, 2.75) is 12.1 Å². The second-order valence-corrected chi connectivity index (χ2v) is 6.80. The van der Waals surface area contributed by atoms with Crippen molar-refractivity contribution in [2.75, 3.05) is 24.7 Å². The maximum absolute atomic E-state index is 11.6. The van der Waals surface area contributed by atoms with Crippen molar-refractivity contribution in [3.8, 4) is 5.75 Å². The van der Waals surface area contributed by atoms with Crippen LogP contribution in [0, 0.1) is 0 Å². The number of esters is 1. The zero-order chi connectivity index (χ0) is 17.5. The third kappa shape index (κ3) is 5.25. The molecule has 0 atom stereocenters. The van der Waals surface area contributed by atoms with Crippen LogP contribution in [0.5, 0.6) is 5.75 Å². The Labute approximate surface area is 157 Å². The minimum atomic E-state index is -0.525. The lowest BCUT2D eigenvalue weighted by atomic mass is 10.3. The van der Waals surface area contributed by atoms with E-state index >= 15 is 0 Å². The number of nitrogens with zero attached hydrogens (tertiary/aromatic N) is 2. The van der Waals surface area contributed by atoms with Gasteiger partial charge in [0.2, 0.25) is 0 Å². The Morgan fingerprint density at radius 3 is 2.92 bits per heavy atom. The SMILES string of the molecule is CCOC(=O)c1cnc(SCCOc2ccc(Cl)cc2Br)nc1N. The number of aromatic nitrogens is 2. The maximum Gasteiger partial charge on any atom is 0.343 e. The highest BCUT2D eigenvalue weighted by molar-refractivity contribution is 9.10. The molecule has 0 aliphatic carbocycles. The van der Waals surface area contributed by atoms with Gasteiger partial charge in [-0.2, -0.15) is 0 Å². The largest absolute Gasteiger partial charge is 0.492 e. The fourth-order valence-electron chi connectivity index (χ4n) is 1.69. The third-order valence-corrected chi connectivity index (χ3v) is 4.44. The van der Waals surface area contributed by atoms with Gasteiger partial charge in [0.15, 0.2) is 5.16 Å². The second-order valence-electron chi connectivity index (χ2n) is 4.44. The molecule has 0 amide bonds. The van der Waals surface area contributed by atoms with E-state index in [9.17, 15) is 4.79 Å². The molecule has 0 radical (unpaired) electrons. The summed E-state index contributed by atoms with van der Waals surface area (Å²) in [5.41, 5.74) is 5.94. The van der Waals surface area contributed by atoms with Crippen LogP contribution in [0.3, 0.4) is 0 Å². The molecular formula is C15H15BrClN3O3S. The van der Waals surface area contributed by atoms with Gasteiger partial charge in [-0.3, -0.25) is 0 Å². The molecule has 2 rings (SSSR count). The monoisotopic (exact) mass is 431 g/mol. The summed E-state index contributed by atoms with van der Waals surface area (Å²) in [6, 6.07) is 5.31. The van der Waals surface area contributed by atoms with Crippen LogP contribution >= 0.6 is 39.3 Å². The summed E-state index contributed by atoms with van der Waals surface area (Å²) in [7, 11) is 0. The average Bonchev–Trinajstić information content (AvgIpc) is 2.53. The van der Waals surface area contributed by atoms with Crippen molar-refractivity contribution in [1.29, 1.82) is 0 Å². The highest BCUT2D eigenvalue weighted by Crippen LogP contribution is 2.28. The number of hydrogen-bond acceptors (Lipinski definition) is 7. The molecule has 0 fully saturated rings. The Hall–Kier alpha value is -1.51. The van der Waals surface area contributed by atoms with Crippen LogP contribution in [0.4, 0.5) is 5.82 Å². The summed E-state index contributed by atoms with van der Waals surface area (Å²) in [6.07, 6.45) is 1.37. The molecule has 1 heterocycles. The lowest BCUT2D eigenvalue weighted by Gasteiger charge is -2.08. The van der Waals surface area contributed by atoms with E-state index in [1.807, 2.05) is 0 Å². The molecule has 0 bridgehead atoms. The van der Waals surface area contributed by atoms with Crippen molar-refractivity contribution in [2.24, 2.45) is 0 Å². The lowest BCUT2D eigenvalue weighted by Crippen LogP contribution is -2.11. The first-order valence-electron chi connectivity index (χ1n) is 7.01. The number of nitrogen functional groups attached to an aromatic ring is 1. The van der Waals surface area contributed by atoms with Gasteiger partial charge in [-0.1, -0.05) is 23.4 Å². The first-order chi connectivity index (χ1) is 11.5. The van der Waals surface area contributed by atoms with E-state index in [2.05, 4.69) is 25.9 Å². The molecular weight excluding hydrogens is 418 g/mol. The molecule has 1 aromatic carbocycles. The van der Waals surface area contributed by atoms with Crippen LogP contribution in [0.1, 0.15) is 17.3 Å². The van der Waals surface area contributed by atoms with Gasteiger partial charge in [0.1, 0.15) is 17.1 Å². The quantitative estimate of drug-likeness (QED) is 0.308. The average molecular weight is 433 g/mol. The minimum Gasteiger partial charge on any atom is -0.492 e. The zero-order valence-electron chi connectivity index (χ0n) is 12.8. The minimum absolute atomic E-state index is 0.104. The van der Waals surface area contributed by atoms with E-state index < -0.39 is 5.97 Å². The number of nitrogens with two attached hydrogens (primary N) is 1. The summed E-state index contributed by atoms with van der Waals surface area (Å²) in [4.78, 5) is 19.8. The molecule has 24 heavy (non-hydrogen) atoms. The van der Waals surface area contributed by atoms with Crippen molar-refractivity contribution in [3.63, 3.8) is 0 Å². The molecule has 0 aliphatic rings. The lowest BCUT2D eigenvalue weighted by molar-refractivity contribution is 0.0526. The number of carbonyl (C=O) groups is 1. The van der Waals surface area contributed by atoms with Gasteiger partial charge in [-0.25, -0.2) is 14.8 Å². The second kappa shape index (κ2) is 9.10. The summed E-state index contributed by atoms with van der Waals surface area (Å²) >= 11 is 10.6. The molecule has 6 nitrogen and oxygen atoms in total. The Kier molecular flexibility index (Phi) is 7.14. The van der Waals surface area contributed by atoms with E-state index in [1.165, 1.54) is 18.0 Å². The molecule has 0 unspecified atom stereocenters. The number of anilines is 1. The highest BCUT2D eigenvalue weighted by Gasteiger charge is 2.13. The van der Waals surface area contributed by atoms with E-state index in [-0.39, 0.29) is 18.0 Å². The normalized spacial score (nSPS) is 10.5. The molecule has 128 valence electrons. The van der Waals surface area contributed by atoms with Crippen LogP contribution in [0.2, 0.25) is 5.02 Å². The summed E-state index contributed by atoms with van der Waals surface area (Å²) < 4.78 is 11.3. The van der Waals surface area contributed by atoms with Crippen LogP contribution < -0.4 is 10.5 Å². The summed E-state index contributed by atoms with van der Waals surface area (Å²) in [6.45, 7) is 2.44. The van der Waals surface area contributed by atoms with Gasteiger partial charge in [0.05, 0.1) is 17.7 Å². The van der Waals surface area contributed by atoms with Crippen LogP contribution in [0.15, 0.2) is 34.0 Å². The van der Waals surface area contributed by atoms with E-state index in [4.69, 9.17) is 26.8 Å². The molecule has 1 aromatic heterocycles. The molecule has 2 N–H and O–H groups in total. The van der Waals surface area contributed by atoms with Gasteiger partial charge in [0.25, 0.3) is 0 Å². The van der Waals surface area contributed by atoms with Crippen molar-refractivity contribution < 1.29 is 14.3 Å². The van der Waals surface area contributed by atoms with Crippen LogP contribution in [-0.4, -0.2) is 34.9 Å². The smallest absolute Gasteiger partial charge is 0.343 e. The summed E-state index contributed by atoms with van der Waals surface area (Å²) in [5, 5.41) is 1.11. The number of benzene rings is 1. The summed E-state index contributed by atoms with van der Waals surface area (Å²) in [5.74, 6) is 0.903. The van der Waals surface area contributed by atoms with Crippen LogP contribution in [0.25, 0.3) is 0 Å². The molecule has 9 heteroatoms. The van der Waals surface area contributed by atoms with Gasteiger partial charge in [-0.05, 0) is 41.1 Å². The zero-order valence-corrected chi connectivity index (χ0v) is 15.9. The Bertz CT molecular complexity index is 733. The molecule has 0 saturated carbocycles. The van der Waals surface area contributed by atoms with Crippen molar-refractivity contribution in [1.82, 2.24) is 9.97 Å². The van der Waals surface area contributed by atoms with E-state index in [0.29, 0.717) is 28.3 Å². The predicted molar refractivity (Wildman–Crippen MR) is 97.8 cm³/mol. The first kappa shape index (κ1) is 18.8.